The van der Waals surface area contributed by atoms with Gasteiger partial charge < -0.3 is 15.0 Å². The molecule has 0 spiro atoms. The van der Waals surface area contributed by atoms with Crippen LogP contribution in [-0.2, 0) is 11.0 Å². The van der Waals surface area contributed by atoms with Gasteiger partial charge in [0.15, 0.2) is 6.61 Å². The van der Waals surface area contributed by atoms with Gasteiger partial charge in [-0.15, -0.1) is 0 Å². The molecule has 8 heteroatoms. The van der Waals surface area contributed by atoms with Crippen LogP contribution in [0.5, 0.6) is 5.75 Å². The molecule has 1 N–H and O–H groups in total. The normalized spacial score (nSPS) is 14.0. The maximum Gasteiger partial charge on any atom is 0.416 e. The van der Waals surface area contributed by atoms with Crippen molar-refractivity contribution in [1.82, 2.24) is 4.90 Å². The Morgan fingerprint density at radius 2 is 1.75 bits per heavy atom. The molecule has 148 valence electrons. The first kappa shape index (κ1) is 19.7. The Morgan fingerprint density at radius 1 is 1.04 bits per heavy atom. The summed E-state index contributed by atoms with van der Waals surface area (Å²) >= 11 is 0. The number of nitrogens with zero attached hydrogens (tertiary/aromatic N) is 1. The largest absolute Gasteiger partial charge is 0.484 e. The van der Waals surface area contributed by atoms with Crippen LogP contribution in [0.4, 0.5) is 18.9 Å². The van der Waals surface area contributed by atoms with Gasteiger partial charge in [-0.3, -0.25) is 9.59 Å². The van der Waals surface area contributed by atoms with E-state index in [9.17, 15) is 22.8 Å². The lowest BCUT2D eigenvalue weighted by atomic mass is 10.1. The van der Waals surface area contributed by atoms with Crippen molar-refractivity contribution in [3.8, 4) is 5.75 Å². The smallest absolute Gasteiger partial charge is 0.416 e. The lowest BCUT2D eigenvalue weighted by Gasteiger charge is -2.16. The van der Waals surface area contributed by atoms with Crippen molar-refractivity contribution in [2.75, 3.05) is 25.0 Å². The number of halogens is 3. The number of benzene rings is 2. The predicted octanol–water partition coefficient (Wildman–Crippen LogP) is 3.96. The third-order valence-corrected chi connectivity index (χ3v) is 4.32. The van der Waals surface area contributed by atoms with Gasteiger partial charge >= 0.3 is 6.18 Å². The Labute approximate surface area is 160 Å². The quantitative estimate of drug-likeness (QED) is 0.838. The van der Waals surface area contributed by atoms with E-state index in [1.54, 1.807) is 29.2 Å². The molecule has 0 aromatic heterocycles. The fourth-order valence-corrected chi connectivity index (χ4v) is 2.94. The van der Waals surface area contributed by atoms with Crippen molar-refractivity contribution in [3.63, 3.8) is 0 Å². The fourth-order valence-electron chi connectivity index (χ4n) is 2.94. The predicted molar refractivity (Wildman–Crippen MR) is 97.1 cm³/mol. The molecule has 1 aliphatic heterocycles. The fraction of sp³-hybridized carbons (Fsp3) is 0.300. The van der Waals surface area contributed by atoms with E-state index in [4.69, 9.17) is 4.74 Å². The summed E-state index contributed by atoms with van der Waals surface area (Å²) in [5, 5.41) is 2.59. The molecule has 0 saturated carbocycles. The number of carbonyl (C=O) groups is 2. The SMILES string of the molecule is O=C(COc1cccc(C(F)(F)F)c1)Nc1cccc(C(=O)N2CCCC2)c1. The van der Waals surface area contributed by atoms with Gasteiger partial charge in [0.1, 0.15) is 5.75 Å². The number of alkyl halides is 3. The van der Waals surface area contributed by atoms with Crippen LogP contribution in [0.1, 0.15) is 28.8 Å². The molecular weight excluding hydrogens is 373 g/mol. The van der Waals surface area contributed by atoms with E-state index in [1.165, 1.54) is 12.1 Å². The number of rotatable bonds is 5. The molecule has 2 aromatic rings. The van der Waals surface area contributed by atoms with Gasteiger partial charge in [0.05, 0.1) is 5.56 Å². The monoisotopic (exact) mass is 392 g/mol. The second kappa shape index (κ2) is 8.33. The van der Waals surface area contributed by atoms with E-state index in [2.05, 4.69) is 5.32 Å². The van der Waals surface area contributed by atoms with Gasteiger partial charge in [0, 0.05) is 24.3 Å². The van der Waals surface area contributed by atoms with E-state index < -0.39 is 24.3 Å². The van der Waals surface area contributed by atoms with Crippen LogP contribution in [0, 0.1) is 0 Å². The van der Waals surface area contributed by atoms with Crippen LogP contribution in [0.3, 0.4) is 0 Å². The Hall–Kier alpha value is -3.03. The molecule has 0 unspecified atom stereocenters. The number of amides is 2. The van der Waals surface area contributed by atoms with Crippen LogP contribution in [0.15, 0.2) is 48.5 Å². The maximum atomic E-state index is 12.7. The number of likely N-dealkylation sites (tertiary alicyclic amines) is 1. The number of anilines is 1. The molecule has 0 atom stereocenters. The van der Waals surface area contributed by atoms with Crippen LogP contribution >= 0.6 is 0 Å². The van der Waals surface area contributed by atoms with Gasteiger partial charge in [-0.1, -0.05) is 12.1 Å². The Kier molecular flexibility index (Phi) is 5.87. The molecule has 0 aliphatic carbocycles. The van der Waals surface area contributed by atoms with Crippen LogP contribution in [0.25, 0.3) is 0 Å². The zero-order chi connectivity index (χ0) is 20.1. The van der Waals surface area contributed by atoms with Crippen molar-refractivity contribution >= 4 is 17.5 Å². The standard InChI is InChI=1S/C20H19F3N2O3/c21-20(22,23)15-6-4-8-17(12-15)28-13-18(26)24-16-7-3-5-14(11-16)19(27)25-9-1-2-10-25/h3-8,11-12H,1-2,9-10,13H2,(H,24,26). The van der Waals surface area contributed by atoms with E-state index in [-0.39, 0.29) is 11.7 Å². The van der Waals surface area contributed by atoms with Crippen LogP contribution < -0.4 is 10.1 Å². The van der Waals surface area contributed by atoms with Gasteiger partial charge in [0.2, 0.25) is 0 Å². The molecule has 0 radical (unpaired) electrons. The Morgan fingerprint density at radius 3 is 2.46 bits per heavy atom. The second-order valence-electron chi connectivity index (χ2n) is 6.44. The summed E-state index contributed by atoms with van der Waals surface area (Å²) in [7, 11) is 0. The minimum absolute atomic E-state index is 0.0528. The van der Waals surface area contributed by atoms with Crippen LogP contribution in [0.2, 0.25) is 0 Å². The van der Waals surface area contributed by atoms with Gasteiger partial charge in [-0.05, 0) is 49.2 Å². The highest BCUT2D eigenvalue weighted by Crippen LogP contribution is 2.31. The summed E-state index contributed by atoms with van der Waals surface area (Å²) in [6.07, 6.45) is -2.52. The molecule has 1 aliphatic rings. The lowest BCUT2D eigenvalue weighted by Crippen LogP contribution is -2.27. The third-order valence-electron chi connectivity index (χ3n) is 4.32. The molecule has 0 bridgehead atoms. The van der Waals surface area contributed by atoms with Gasteiger partial charge in [-0.2, -0.15) is 13.2 Å². The average Bonchev–Trinajstić information content (AvgIpc) is 3.20. The summed E-state index contributed by atoms with van der Waals surface area (Å²) in [6, 6.07) is 10.9. The number of ether oxygens (including phenoxy) is 1. The van der Waals surface area contributed by atoms with Crippen molar-refractivity contribution in [1.29, 1.82) is 0 Å². The zero-order valence-corrected chi connectivity index (χ0v) is 15.0. The molecule has 1 heterocycles. The Balaban J connectivity index is 1.58. The first-order valence-electron chi connectivity index (χ1n) is 8.82. The highest BCUT2D eigenvalue weighted by atomic mass is 19.4. The van der Waals surface area contributed by atoms with Crippen molar-refractivity contribution in [2.24, 2.45) is 0 Å². The minimum atomic E-state index is -4.48. The van der Waals surface area contributed by atoms with Gasteiger partial charge in [-0.25, -0.2) is 0 Å². The van der Waals surface area contributed by atoms with E-state index >= 15 is 0 Å². The molecule has 28 heavy (non-hydrogen) atoms. The van der Waals surface area contributed by atoms with Crippen molar-refractivity contribution in [3.05, 3.63) is 59.7 Å². The molecule has 3 rings (SSSR count). The Bertz CT molecular complexity index is 862. The van der Waals surface area contributed by atoms with Crippen molar-refractivity contribution in [2.45, 2.75) is 19.0 Å². The van der Waals surface area contributed by atoms with Crippen LogP contribution in [-0.4, -0.2) is 36.4 Å². The first-order valence-corrected chi connectivity index (χ1v) is 8.82. The molecule has 2 aromatic carbocycles. The summed E-state index contributed by atoms with van der Waals surface area (Å²) in [5.74, 6) is -0.681. The molecule has 5 nitrogen and oxygen atoms in total. The summed E-state index contributed by atoms with van der Waals surface area (Å²) in [4.78, 5) is 26.2. The number of carbonyl (C=O) groups excluding carboxylic acids is 2. The van der Waals surface area contributed by atoms with Gasteiger partial charge in [0.25, 0.3) is 11.8 Å². The summed E-state index contributed by atoms with van der Waals surface area (Å²) in [5.41, 5.74) is 0.0414. The molecule has 2 amide bonds. The summed E-state index contributed by atoms with van der Waals surface area (Å²) < 4.78 is 43.3. The number of nitrogens with one attached hydrogen (secondary N) is 1. The number of hydrogen-bond donors (Lipinski definition) is 1. The maximum absolute atomic E-state index is 12.7. The molecular formula is C20H19F3N2O3. The lowest BCUT2D eigenvalue weighted by molar-refractivity contribution is -0.137. The highest BCUT2D eigenvalue weighted by molar-refractivity contribution is 5.97. The van der Waals surface area contributed by atoms with E-state index in [0.29, 0.717) is 11.3 Å². The third kappa shape index (κ3) is 5.03. The number of hydrogen-bond acceptors (Lipinski definition) is 3. The summed E-state index contributed by atoms with van der Waals surface area (Å²) in [6.45, 7) is 0.992. The second-order valence-corrected chi connectivity index (χ2v) is 6.44. The zero-order valence-electron chi connectivity index (χ0n) is 15.0. The van der Waals surface area contributed by atoms with E-state index in [0.717, 1.165) is 38.1 Å². The first-order chi connectivity index (χ1) is 13.3. The molecule has 1 saturated heterocycles. The topological polar surface area (TPSA) is 58.6 Å². The highest BCUT2D eigenvalue weighted by Gasteiger charge is 2.30. The van der Waals surface area contributed by atoms with Crippen molar-refractivity contribution < 1.29 is 27.5 Å². The minimum Gasteiger partial charge on any atom is -0.484 e. The average molecular weight is 392 g/mol. The molecule has 1 fully saturated rings. The van der Waals surface area contributed by atoms with E-state index in [1.807, 2.05) is 0 Å².